The Bertz CT molecular complexity index is 1190. The molecule has 0 aliphatic carbocycles. The standard InChI is InChI=1S/C26H29FN2O3S/c1-19(20-10-12-21(13-11-20)26(2,3)4)28-25(30)18-29(23-8-6-5-7-9-23)33(31,32)24-16-14-22(27)15-17-24/h5-17,19H,18H2,1-4H3,(H,28,30)/t19-/m1/s1. The number of carbonyl (C=O) groups is 1. The summed E-state index contributed by atoms with van der Waals surface area (Å²) in [4.78, 5) is 12.8. The fourth-order valence-electron chi connectivity index (χ4n) is 3.42. The van der Waals surface area contributed by atoms with Crippen LogP contribution in [0.25, 0.3) is 0 Å². The highest BCUT2D eigenvalue weighted by molar-refractivity contribution is 7.92. The highest BCUT2D eigenvalue weighted by Crippen LogP contribution is 2.25. The van der Waals surface area contributed by atoms with Crippen molar-refractivity contribution in [2.24, 2.45) is 0 Å². The largest absolute Gasteiger partial charge is 0.348 e. The van der Waals surface area contributed by atoms with Crippen molar-refractivity contribution in [2.45, 2.75) is 44.0 Å². The van der Waals surface area contributed by atoms with Gasteiger partial charge in [0, 0.05) is 0 Å². The van der Waals surface area contributed by atoms with Crippen LogP contribution in [0.5, 0.6) is 0 Å². The summed E-state index contributed by atoms with van der Waals surface area (Å²) in [5.41, 5.74) is 2.48. The number of para-hydroxylation sites is 1. The Labute approximate surface area is 195 Å². The topological polar surface area (TPSA) is 66.5 Å². The fraction of sp³-hybridized carbons (Fsp3) is 0.269. The quantitative estimate of drug-likeness (QED) is 0.519. The zero-order valence-electron chi connectivity index (χ0n) is 19.2. The molecule has 174 valence electrons. The Balaban J connectivity index is 1.81. The number of sulfonamides is 1. The van der Waals surface area contributed by atoms with Gasteiger partial charge in [-0.2, -0.15) is 0 Å². The van der Waals surface area contributed by atoms with Crippen LogP contribution in [-0.4, -0.2) is 20.9 Å². The average molecular weight is 469 g/mol. The summed E-state index contributed by atoms with van der Waals surface area (Å²) >= 11 is 0. The van der Waals surface area contributed by atoms with E-state index in [1.165, 1.54) is 17.7 Å². The zero-order chi connectivity index (χ0) is 24.2. The Morgan fingerprint density at radius 2 is 1.52 bits per heavy atom. The van der Waals surface area contributed by atoms with Crippen molar-refractivity contribution in [1.29, 1.82) is 0 Å². The van der Waals surface area contributed by atoms with E-state index in [1.807, 2.05) is 31.2 Å². The summed E-state index contributed by atoms with van der Waals surface area (Å²) in [6, 6.07) is 20.6. The van der Waals surface area contributed by atoms with Crippen LogP contribution in [0.1, 0.15) is 44.9 Å². The average Bonchev–Trinajstić information content (AvgIpc) is 2.77. The molecule has 1 N–H and O–H groups in total. The first-order chi connectivity index (χ1) is 15.5. The molecule has 5 nitrogen and oxygen atoms in total. The molecule has 0 radical (unpaired) electrons. The van der Waals surface area contributed by atoms with E-state index in [0.717, 1.165) is 22.0 Å². The molecule has 0 aliphatic rings. The lowest BCUT2D eigenvalue weighted by Crippen LogP contribution is -2.41. The number of anilines is 1. The van der Waals surface area contributed by atoms with E-state index in [-0.39, 0.29) is 16.4 Å². The van der Waals surface area contributed by atoms with Gasteiger partial charge in [0.05, 0.1) is 16.6 Å². The van der Waals surface area contributed by atoms with Crippen molar-refractivity contribution in [3.8, 4) is 0 Å². The third-order valence-electron chi connectivity index (χ3n) is 5.39. The Hall–Kier alpha value is -3.19. The maximum atomic E-state index is 13.3. The van der Waals surface area contributed by atoms with E-state index >= 15 is 0 Å². The van der Waals surface area contributed by atoms with Crippen molar-refractivity contribution >= 4 is 21.6 Å². The summed E-state index contributed by atoms with van der Waals surface area (Å²) in [5.74, 6) is -0.985. The molecule has 0 heterocycles. The number of benzene rings is 3. The molecule has 1 atom stereocenters. The van der Waals surface area contributed by atoms with E-state index in [0.29, 0.717) is 5.69 Å². The lowest BCUT2D eigenvalue weighted by molar-refractivity contribution is -0.120. The highest BCUT2D eigenvalue weighted by atomic mass is 32.2. The second-order valence-corrected chi connectivity index (χ2v) is 10.8. The van der Waals surface area contributed by atoms with Crippen LogP contribution in [0, 0.1) is 5.82 Å². The second-order valence-electron chi connectivity index (χ2n) is 8.96. The van der Waals surface area contributed by atoms with E-state index in [2.05, 4.69) is 26.1 Å². The third-order valence-corrected chi connectivity index (χ3v) is 7.18. The lowest BCUT2D eigenvalue weighted by atomic mass is 9.86. The van der Waals surface area contributed by atoms with Crippen LogP contribution in [0.15, 0.2) is 83.8 Å². The normalized spacial score (nSPS) is 12.8. The van der Waals surface area contributed by atoms with Gasteiger partial charge in [0.2, 0.25) is 5.91 Å². The maximum absolute atomic E-state index is 13.3. The molecule has 7 heteroatoms. The molecule has 1 amide bonds. The van der Waals surface area contributed by atoms with Gasteiger partial charge in [-0.1, -0.05) is 63.2 Å². The van der Waals surface area contributed by atoms with Crippen molar-refractivity contribution < 1.29 is 17.6 Å². The summed E-state index contributed by atoms with van der Waals surface area (Å²) in [6.45, 7) is 7.84. The van der Waals surface area contributed by atoms with Gasteiger partial charge in [-0.25, -0.2) is 12.8 Å². The van der Waals surface area contributed by atoms with Gasteiger partial charge >= 0.3 is 0 Å². The molecule has 0 spiro atoms. The van der Waals surface area contributed by atoms with Gasteiger partial charge in [0.15, 0.2) is 0 Å². The van der Waals surface area contributed by atoms with Crippen molar-refractivity contribution in [1.82, 2.24) is 5.32 Å². The zero-order valence-corrected chi connectivity index (χ0v) is 20.1. The number of hydrogen-bond acceptors (Lipinski definition) is 3. The summed E-state index contributed by atoms with van der Waals surface area (Å²) < 4.78 is 40.9. The maximum Gasteiger partial charge on any atom is 0.264 e. The Morgan fingerprint density at radius 1 is 0.939 bits per heavy atom. The molecule has 0 aromatic heterocycles. The van der Waals surface area contributed by atoms with Gasteiger partial charge in [-0.15, -0.1) is 0 Å². The predicted molar refractivity (Wildman–Crippen MR) is 129 cm³/mol. The van der Waals surface area contributed by atoms with Crippen molar-refractivity contribution in [2.75, 3.05) is 10.8 Å². The molecular weight excluding hydrogens is 439 g/mol. The lowest BCUT2D eigenvalue weighted by Gasteiger charge is -2.25. The summed E-state index contributed by atoms with van der Waals surface area (Å²) in [6.07, 6.45) is 0. The molecule has 0 unspecified atom stereocenters. The van der Waals surface area contributed by atoms with E-state index in [4.69, 9.17) is 0 Å². The van der Waals surface area contributed by atoms with Crippen LogP contribution < -0.4 is 9.62 Å². The SMILES string of the molecule is C[C@@H](NC(=O)CN(c1ccccc1)S(=O)(=O)c1ccc(F)cc1)c1ccc(C(C)(C)C)cc1. The van der Waals surface area contributed by atoms with E-state index in [1.54, 1.807) is 30.3 Å². The van der Waals surface area contributed by atoms with Gasteiger partial charge < -0.3 is 5.32 Å². The smallest absolute Gasteiger partial charge is 0.264 e. The van der Waals surface area contributed by atoms with Gasteiger partial charge in [-0.3, -0.25) is 9.10 Å². The van der Waals surface area contributed by atoms with Gasteiger partial charge in [-0.05, 0) is 59.9 Å². The molecule has 3 aromatic carbocycles. The molecule has 0 bridgehead atoms. The van der Waals surface area contributed by atoms with Crippen molar-refractivity contribution in [3.63, 3.8) is 0 Å². The third kappa shape index (κ3) is 5.99. The number of rotatable bonds is 7. The Morgan fingerprint density at radius 3 is 2.06 bits per heavy atom. The highest BCUT2D eigenvalue weighted by Gasteiger charge is 2.27. The number of nitrogens with one attached hydrogen (secondary N) is 1. The minimum atomic E-state index is -4.08. The van der Waals surface area contributed by atoms with Crippen LogP contribution >= 0.6 is 0 Å². The van der Waals surface area contributed by atoms with E-state index < -0.39 is 28.3 Å². The van der Waals surface area contributed by atoms with E-state index in [9.17, 15) is 17.6 Å². The molecule has 0 fully saturated rings. The number of halogens is 1. The fourth-order valence-corrected chi connectivity index (χ4v) is 4.84. The minimum Gasteiger partial charge on any atom is -0.348 e. The molecular formula is C26H29FN2O3S. The molecule has 3 rings (SSSR count). The first-order valence-corrected chi connectivity index (χ1v) is 12.2. The van der Waals surface area contributed by atoms with Crippen LogP contribution in [0.3, 0.4) is 0 Å². The van der Waals surface area contributed by atoms with Gasteiger partial charge in [0.1, 0.15) is 12.4 Å². The second kappa shape index (κ2) is 9.75. The minimum absolute atomic E-state index is 0.0237. The molecule has 33 heavy (non-hydrogen) atoms. The number of nitrogens with zero attached hydrogens (tertiary/aromatic N) is 1. The number of hydrogen-bond donors (Lipinski definition) is 1. The molecule has 0 saturated heterocycles. The number of amides is 1. The first kappa shape index (κ1) is 24.5. The Kier molecular flexibility index (Phi) is 7.22. The van der Waals surface area contributed by atoms with Crippen molar-refractivity contribution in [3.05, 3.63) is 95.8 Å². The summed E-state index contributed by atoms with van der Waals surface area (Å²) in [5, 5.41) is 2.88. The molecule has 0 saturated carbocycles. The predicted octanol–water partition coefficient (Wildman–Crippen LogP) is 5.20. The first-order valence-electron chi connectivity index (χ1n) is 10.7. The van der Waals surface area contributed by atoms with Gasteiger partial charge in [0.25, 0.3) is 10.0 Å². The monoisotopic (exact) mass is 468 g/mol. The molecule has 3 aromatic rings. The molecule has 0 aliphatic heterocycles. The number of carbonyl (C=O) groups excluding carboxylic acids is 1. The van der Waals surface area contributed by atoms with Crippen LogP contribution in [0.2, 0.25) is 0 Å². The van der Waals surface area contributed by atoms with Crippen LogP contribution in [-0.2, 0) is 20.2 Å². The van der Waals surface area contributed by atoms with Crippen LogP contribution in [0.4, 0.5) is 10.1 Å². The summed E-state index contributed by atoms with van der Waals surface area (Å²) in [7, 11) is -4.08.